The van der Waals surface area contributed by atoms with Gasteiger partial charge >= 0.3 is 6.09 Å². The Bertz CT molecular complexity index is 898. The average molecular weight is 472 g/mol. The molecule has 0 heterocycles. The summed E-state index contributed by atoms with van der Waals surface area (Å²) in [7, 11) is 0. The summed E-state index contributed by atoms with van der Waals surface area (Å²) in [5.74, 6) is -1.12. The average Bonchev–Trinajstić information content (AvgIpc) is 2.76. The summed E-state index contributed by atoms with van der Waals surface area (Å²) in [6, 6.07) is 6.05. The van der Waals surface area contributed by atoms with E-state index in [0.717, 1.165) is 28.9 Å². The molecule has 1 aromatic rings. The number of hydrogen-bond acceptors (Lipinski definition) is 4. The molecule has 0 fully saturated rings. The van der Waals surface area contributed by atoms with Crippen molar-refractivity contribution in [1.82, 2.24) is 15.5 Å². The quantitative estimate of drug-likeness (QED) is 0.296. The van der Waals surface area contributed by atoms with Crippen LogP contribution in [0.15, 0.2) is 18.2 Å². The van der Waals surface area contributed by atoms with Gasteiger partial charge in [0, 0.05) is 12.6 Å². The zero-order chi connectivity index (χ0) is 26.1. The van der Waals surface area contributed by atoms with Crippen LogP contribution in [0.2, 0.25) is 0 Å². The Balaban J connectivity index is 3.44. The van der Waals surface area contributed by atoms with E-state index in [1.165, 1.54) is 0 Å². The largest absolute Gasteiger partial charge is 0.444 e. The second-order valence-electron chi connectivity index (χ2n) is 9.68. The van der Waals surface area contributed by atoms with Gasteiger partial charge in [-0.1, -0.05) is 58.2 Å². The van der Waals surface area contributed by atoms with E-state index in [0.29, 0.717) is 18.5 Å². The van der Waals surface area contributed by atoms with Gasteiger partial charge in [0.1, 0.15) is 17.7 Å². The highest BCUT2D eigenvalue weighted by Gasteiger charge is 2.38. The molecule has 0 saturated heterocycles. The minimum Gasteiger partial charge on any atom is -0.444 e. The molecule has 0 aliphatic carbocycles. The Morgan fingerprint density at radius 3 is 2.35 bits per heavy atom. The van der Waals surface area contributed by atoms with Gasteiger partial charge in [-0.2, -0.15) is 0 Å². The maximum Gasteiger partial charge on any atom is 0.408 e. The van der Waals surface area contributed by atoms with Crippen LogP contribution in [-0.4, -0.2) is 41.0 Å². The summed E-state index contributed by atoms with van der Waals surface area (Å²) in [6.07, 6.45) is 7.47. The van der Waals surface area contributed by atoms with E-state index in [9.17, 15) is 14.4 Å². The Morgan fingerprint density at radius 2 is 1.82 bits per heavy atom. The maximum absolute atomic E-state index is 13.8. The molecule has 3 unspecified atom stereocenters. The number of alkyl carbamates (subject to hydrolysis) is 1. The number of terminal acetylenes is 1. The molecule has 3 amide bonds. The molecule has 0 radical (unpaired) electrons. The number of rotatable bonds is 10. The van der Waals surface area contributed by atoms with Gasteiger partial charge in [0.05, 0.1) is 0 Å². The van der Waals surface area contributed by atoms with Crippen LogP contribution < -0.4 is 10.6 Å². The fraction of sp³-hybridized carbons (Fsp3) is 0.593. The Kier molecular flexibility index (Phi) is 11.1. The first-order valence-electron chi connectivity index (χ1n) is 12.0. The van der Waals surface area contributed by atoms with Gasteiger partial charge in [-0.3, -0.25) is 14.5 Å². The minimum absolute atomic E-state index is 0.238. The highest BCUT2D eigenvalue weighted by atomic mass is 16.6. The highest BCUT2D eigenvalue weighted by Crippen LogP contribution is 2.28. The van der Waals surface area contributed by atoms with Crippen LogP contribution in [0, 0.1) is 32.2 Å². The van der Waals surface area contributed by atoms with E-state index < -0.39 is 29.7 Å². The van der Waals surface area contributed by atoms with E-state index in [1.807, 2.05) is 52.8 Å². The Morgan fingerprint density at radius 1 is 1.18 bits per heavy atom. The molecule has 7 heteroatoms. The van der Waals surface area contributed by atoms with E-state index in [1.54, 1.807) is 20.8 Å². The van der Waals surface area contributed by atoms with Gasteiger partial charge in [-0.15, -0.1) is 0 Å². The summed E-state index contributed by atoms with van der Waals surface area (Å²) < 4.78 is 5.37. The number of nitrogens with one attached hydrogen (secondary N) is 2. The summed E-state index contributed by atoms with van der Waals surface area (Å²) in [5, 5.41) is 5.59. The molecule has 3 atom stereocenters. The first-order chi connectivity index (χ1) is 15.9. The predicted molar refractivity (Wildman–Crippen MR) is 135 cm³/mol. The van der Waals surface area contributed by atoms with Crippen LogP contribution >= 0.6 is 0 Å². The van der Waals surface area contributed by atoms with Crippen molar-refractivity contribution in [1.29, 1.82) is 0 Å². The number of ether oxygens (including phenoxy) is 1. The zero-order valence-electron chi connectivity index (χ0n) is 22.0. The van der Waals surface area contributed by atoms with Crippen molar-refractivity contribution in [3.63, 3.8) is 0 Å². The molecule has 0 spiro atoms. The topological polar surface area (TPSA) is 87.7 Å². The van der Waals surface area contributed by atoms with E-state index in [4.69, 9.17) is 11.2 Å². The third kappa shape index (κ3) is 8.09. The molecule has 188 valence electrons. The van der Waals surface area contributed by atoms with Gasteiger partial charge in [0.2, 0.25) is 5.91 Å². The molecule has 0 aliphatic heterocycles. The summed E-state index contributed by atoms with van der Waals surface area (Å²) in [4.78, 5) is 40.7. The predicted octanol–water partition coefficient (Wildman–Crippen LogP) is 4.62. The third-order valence-electron chi connectivity index (χ3n) is 5.81. The molecule has 34 heavy (non-hydrogen) atoms. The van der Waals surface area contributed by atoms with Gasteiger partial charge < -0.3 is 15.4 Å². The van der Waals surface area contributed by atoms with Crippen LogP contribution in [-0.2, 0) is 14.3 Å². The van der Waals surface area contributed by atoms with E-state index in [2.05, 4.69) is 16.7 Å². The number of nitrogens with zero attached hydrogens (tertiary/aromatic N) is 1. The number of carbonyl (C=O) groups excluding carboxylic acids is 3. The fourth-order valence-corrected chi connectivity index (χ4v) is 3.49. The number of amides is 3. The monoisotopic (exact) mass is 471 g/mol. The second kappa shape index (κ2) is 13.0. The Hall–Kier alpha value is -3.01. The highest BCUT2D eigenvalue weighted by molar-refractivity contribution is 5.93. The molecule has 1 aromatic carbocycles. The van der Waals surface area contributed by atoms with Crippen molar-refractivity contribution in [2.75, 3.05) is 6.54 Å². The molecule has 2 N–H and O–H groups in total. The molecular weight excluding hydrogens is 430 g/mol. The first-order valence-corrected chi connectivity index (χ1v) is 12.0. The van der Waals surface area contributed by atoms with Crippen LogP contribution in [0.4, 0.5) is 4.79 Å². The van der Waals surface area contributed by atoms with Gasteiger partial charge in [-0.25, -0.2) is 4.79 Å². The third-order valence-corrected chi connectivity index (χ3v) is 5.81. The maximum atomic E-state index is 13.8. The second-order valence-corrected chi connectivity index (χ2v) is 9.68. The number of unbranched alkanes of at least 4 members (excludes halogenated alkanes) is 1. The lowest BCUT2D eigenvalue weighted by Gasteiger charge is -2.33. The van der Waals surface area contributed by atoms with Crippen molar-refractivity contribution in [3.8, 4) is 12.5 Å². The van der Waals surface area contributed by atoms with Gasteiger partial charge in [0.15, 0.2) is 0 Å². The van der Waals surface area contributed by atoms with E-state index >= 15 is 0 Å². The van der Waals surface area contributed by atoms with Crippen molar-refractivity contribution >= 4 is 17.9 Å². The standard InChI is InChI=1S/C27H41N3O4/c1-10-13-17-28-24(31)23(21-16-14-15-19(5)20(21)6)30(12-3)25(32)22(18(4)11-2)29-26(33)34-27(7,8)9/h3,14-16,18,22-23H,10-11,13,17H2,1-2,4-9H3,(H,28,31)(H,29,33). The molecule has 7 nitrogen and oxygen atoms in total. The SMILES string of the molecule is C#CN(C(=O)C(NC(=O)OC(C)(C)C)C(C)CC)C(C(=O)NCCCC)c1cccc(C)c1C. The van der Waals surface area contributed by atoms with Crippen LogP contribution in [0.5, 0.6) is 0 Å². The molecule has 0 aromatic heterocycles. The summed E-state index contributed by atoms with van der Waals surface area (Å²) in [6.45, 7) is 15.4. The minimum atomic E-state index is -1.03. The summed E-state index contributed by atoms with van der Waals surface area (Å²) >= 11 is 0. The number of benzene rings is 1. The Labute approximate surface area is 205 Å². The number of aryl methyl sites for hydroxylation is 1. The molecule has 0 bridgehead atoms. The lowest BCUT2D eigenvalue weighted by atomic mass is 9.93. The lowest BCUT2D eigenvalue weighted by Crippen LogP contribution is -2.54. The van der Waals surface area contributed by atoms with Crippen molar-refractivity contribution in [3.05, 3.63) is 34.9 Å². The summed E-state index contributed by atoms with van der Waals surface area (Å²) in [5.41, 5.74) is 1.80. The number of hydrogen-bond donors (Lipinski definition) is 2. The lowest BCUT2D eigenvalue weighted by molar-refractivity contribution is -0.139. The smallest absolute Gasteiger partial charge is 0.408 e. The van der Waals surface area contributed by atoms with Crippen molar-refractivity contribution in [2.45, 2.75) is 92.3 Å². The number of carbonyl (C=O) groups is 3. The van der Waals surface area contributed by atoms with Crippen LogP contribution in [0.1, 0.15) is 83.5 Å². The molecule has 1 rings (SSSR count). The van der Waals surface area contributed by atoms with Gasteiger partial charge in [-0.05, 0) is 63.6 Å². The van der Waals surface area contributed by atoms with Gasteiger partial charge in [0.25, 0.3) is 5.91 Å². The van der Waals surface area contributed by atoms with Crippen LogP contribution in [0.25, 0.3) is 0 Å². The fourth-order valence-electron chi connectivity index (χ4n) is 3.49. The molecule has 0 aliphatic rings. The molecular formula is C27H41N3O4. The van der Waals surface area contributed by atoms with Crippen molar-refractivity contribution < 1.29 is 19.1 Å². The molecule has 0 saturated carbocycles. The van der Waals surface area contributed by atoms with E-state index in [-0.39, 0.29) is 11.8 Å². The van der Waals surface area contributed by atoms with Crippen molar-refractivity contribution in [2.24, 2.45) is 5.92 Å². The first kappa shape index (κ1) is 29.0. The van der Waals surface area contributed by atoms with Crippen LogP contribution in [0.3, 0.4) is 0 Å². The normalized spacial score (nSPS) is 13.7. The zero-order valence-corrected chi connectivity index (χ0v) is 22.0.